The lowest BCUT2D eigenvalue weighted by Gasteiger charge is -2.26. The number of rotatable bonds is 7. The summed E-state index contributed by atoms with van der Waals surface area (Å²) in [6, 6.07) is 23.4. The van der Waals surface area contributed by atoms with E-state index in [1.165, 1.54) is 0 Å². The summed E-state index contributed by atoms with van der Waals surface area (Å²) in [5.74, 6) is -0.173. The first kappa shape index (κ1) is 21.1. The summed E-state index contributed by atoms with van der Waals surface area (Å²) in [6.07, 6.45) is 2.26. The van der Waals surface area contributed by atoms with Crippen molar-refractivity contribution in [3.8, 4) is 0 Å². The van der Waals surface area contributed by atoms with Gasteiger partial charge in [-0.2, -0.15) is 0 Å². The van der Waals surface area contributed by atoms with Gasteiger partial charge in [0.25, 0.3) is 0 Å². The van der Waals surface area contributed by atoms with Crippen LogP contribution in [-0.4, -0.2) is 42.4 Å². The van der Waals surface area contributed by atoms with Crippen LogP contribution in [0.25, 0.3) is 10.8 Å². The van der Waals surface area contributed by atoms with E-state index in [1.54, 1.807) is 4.90 Å². The third-order valence-corrected chi connectivity index (χ3v) is 5.94. The maximum absolute atomic E-state index is 13.4. The van der Waals surface area contributed by atoms with Crippen molar-refractivity contribution in [3.05, 3.63) is 83.9 Å². The van der Waals surface area contributed by atoms with Crippen molar-refractivity contribution in [2.45, 2.75) is 37.9 Å². The molecule has 5 nitrogen and oxygen atoms in total. The predicted molar refractivity (Wildman–Crippen MR) is 124 cm³/mol. The smallest absolute Gasteiger partial charge is 0.245 e. The van der Waals surface area contributed by atoms with E-state index in [0.717, 1.165) is 41.3 Å². The minimum absolute atomic E-state index is 0.0804. The molecule has 3 aromatic rings. The largest absolute Gasteiger partial charge is 0.343 e. The number of fused-ring (bicyclic) bond motifs is 1. The Labute approximate surface area is 183 Å². The maximum Gasteiger partial charge on any atom is 0.245 e. The number of hydrogen-bond acceptors (Lipinski definition) is 3. The third kappa shape index (κ3) is 5.12. The lowest BCUT2D eigenvalue weighted by molar-refractivity contribution is -0.136. The molecule has 1 fully saturated rings. The van der Waals surface area contributed by atoms with Gasteiger partial charge in [-0.25, -0.2) is 0 Å². The van der Waals surface area contributed by atoms with Gasteiger partial charge in [-0.05, 0) is 41.3 Å². The van der Waals surface area contributed by atoms with E-state index in [0.29, 0.717) is 13.0 Å². The number of hydrogen-bond donors (Lipinski definition) is 2. The molecule has 0 bridgehead atoms. The molecular weight excluding hydrogens is 386 g/mol. The molecule has 0 aliphatic carbocycles. The highest BCUT2D eigenvalue weighted by atomic mass is 16.2. The van der Waals surface area contributed by atoms with Gasteiger partial charge in [0.1, 0.15) is 6.04 Å². The molecule has 1 saturated heterocycles. The molecule has 3 aromatic carbocycles. The van der Waals surface area contributed by atoms with Gasteiger partial charge in [-0.1, -0.05) is 72.8 Å². The van der Waals surface area contributed by atoms with Gasteiger partial charge in [0.05, 0.1) is 6.04 Å². The quantitative estimate of drug-likeness (QED) is 0.623. The Kier molecular flexibility index (Phi) is 6.63. The highest BCUT2D eigenvalue weighted by molar-refractivity contribution is 5.91. The standard InChI is InChI=1S/C26H29N3O2/c1-29(18-21-13-7-12-20-11-5-6-14-22(20)21)26(31)24(17-19-9-3-2-4-10-19)28-25(30)23-15-8-16-27-23/h2-7,9-14,23-24,27H,8,15-18H2,1H3,(H,28,30)/t23-,24-/m0/s1. The van der Waals surface area contributed by atoms with E-state index >= 15 is 0 Å². The van der Waals surface area contributed by atoms with E-state index in [4.69, 9.17) is 0 Å². The van der Waals surface area contributed by atoms with E-state index < -0.39 is 6.04 Å². The number of carbonyl (C=O) groups excluding carboxylic acids is 2. The van der Waals surface area contributed by atoms with Gasteiger partial charge >= 0.3 is 0 Å². The molecule has 0 saturated carbocycles. The highest BCUT2D eigenvalue weighted by Crippen LogP contribution is 2.20. The van der Waals surface area contributed by atoms with Gasteiger partial charge in [-0.15, -0.1) is 0 Å². The Hall–Kier alpha value is -3.18. The SMILES string of the molecule is CN(Cc1cccc2ccccc12)C(=O)[C@H](Cc1ccccc1)NC(=O)[C@@H]1CCCN1. The van der Waals surface area contributed by atoms with Crippen LogP contribution in [-0.2, 0) is 22.6 Å². The van der Waals surface area contributed by atoms with Crippen molar-refractivity contribution in [3.63, 3.8) is 0 Å². The van der Waals surface area contributed by atoms with Gasteiger partial charge in [-0.3, -0.25) is 9.59 Å². The zero-order valence-corrected chi connectivity index (χ0v) is 17.9. The Balaban J connectivity index is 1.52. The second-order valence-electron chi connectivity index (χ2n) is 8.23. The number of nitrogens with one attached hydrogen (secondary N) is 2. The third-order valence-electron chi connectivity index (χ3n) is 5.94. The second-order valence-corrected chi connectivity index (χ2v) is 8.23. The molecule has 1 aliphatic rings. The minimum atomic E-state index is -0.600. The Morgan fingerprint density at radius 1 is 1.03 bits per heavy atom. The highest BCUT2D eigenvalue weighted by Gasteiger charge is 2.29. The first-order valence-corrected chi connectivity index (χ1v) is 10.9. The van der Waals surface area contributed by atoms with Crippen molar-refractivity contribution >= 4 is 22.6 Å². The zero-order chi connectivity index (χ0) is 21.6. The minimum Gasteiger partial charge on any atom is -0.343 e. The fourth-order valence-corrected chi connectivity index (χ4v) is 4.26. The first-order chi connectivity index (χ1) is 15.1. The molecule has 0 radical (unpaired) electrons. The van der Waals surface area contributed by atoms with Crippen LogP contribution in [0.1, 0.15) is 24.0 Å². The van der Waals surface area contributed by atoms with Crippen molar-refractivity contribution in [2.24, 2.45) is 0 Å². The molecule has 1 heterocycles. The number of nitrogens with zero attached hydrogens (tertiary/aromatic N) is 1. The molecule has 0 spiro atoms. The number of likely N-dealkylation sites (N-methyl/N-ethyl adjacent to an activating group) is 1. The molecular formula is C26H29N3O2. The molecule has 2 amide bonds. The summed E-state index contributed by atoms with van der Waals surface area (Å²) >= 11 is 0. The fourth-order valence-electron chi connectivity index (χ4n) is 4.26. The molecule has 4 rings (SSSR count). The zero-order valence-electron chi connectivity index (χ0n) is 17.9. The summed E-state index contributed by atoms with van der Waals surface area (Å²) in [7, 11) is 1.81. The normalized spacial score (nSPS) is 16.7. The average molecular weight is 416 g/mol. The fraction of sp³-hybridized carbons (Fsp3) is 0.308. The van der Waals surface area contributed by atoms with Crippen LogP contribution in [0.5, 0.6) is 0 Å². The molecule has 31 heavy (non-hydrogen) atoms. The lowest BCUT2D eigenvalue weighted by atomic mass is 10.0. The van der Waals surface area contributed by atoms with E-state index in [2.05, 4.69) is 34.9 Å². The summed E-state index contributed by atoms with van der Waals surface area (Å²) in [5.41, 5.74) is 2.12. The predicted octanol–water partition coefficient (Wildman–Crippen LogP) is 3.28. The number of carbonyl (C=O) groups is 2. The number of amides is 2. The van der Waals surface area contributed by atoms with Crippen LogP contribution in [0.4, 0.5) is 0 Å². The van der Waals surface area contributed by atoms with Crippen LogP contribution in [0.3, 0.4) is 0 Å². The Morgan fingerprint density at radius 3 is 2.55 bits per heavy atom. The molecule has 0 unspecified atom stereocenters. The van der Waals surface area contributed by atoms with Crippen LogP contribution in [0.2, 0.25) is 0 Å². The average Bonchev–Trinajstić information content (AvgIpc) is 3.34. The van der Waals surface area contributed by atoms with Crippen molar-refractivity contribution < 1.29 is 9.59 Å². The van der Waals surface area contributed by atoms with Crippen molar-refractivity contribution in [1.29, 1.82) is 0 Å². The summed E-state index contributed by atoms with van der Waals surface area (Å²) in [4.78, 5) is 27.9. The monoisotopic (exact) mass is 415 g/mol. The van der Waals surface area contributed by atoms with E-state index in [-0.39, 0.29) is 17.9 Å². The topological polar surface area (TPSA) is 61.4 Å². The van der Waals surface area contributed by atoms with E-state index in [9.17, 15) is 9.59 Å². The van der Waals surface area contributed by atoms with Gasteiger partial charge in [0.15, 0.2) is 0 Å². The van der Waals surface area contributed by atoms with E-state index in [1.807, 2.05) is 55.6 Å². The molecule has 0 aromatic heterocycles. The van der Waals surface area contributed by atoms with Gasteiger partial charge in [0.2, 0.25) is 11.8 Å². The van der Waals surface area contributed by atoms with Gasteiger partial charge < -0.3 is 15.5 Å². The first-order valence-electron chi connectivity index (χ1n) is 10.9. The maximum atomic E-state index is 13.4. The Bertz CT molecular complexity index is 1040. The van der Waals surface area contributed by atoms with Crippen molar-refractivity contribution in [2.75, 3.05) is 13.6 Å². The van der Waals surface area contributed by atoms with Crippen LogP contribution in [0.15, 0.2) is 72.8 Å². The van der Waals surface area contributed by atoms with Crippen LogP contribution in [0, 0.1) is 0 Å². The lowest BCUT2D eigenvalue weighted by Crippen LogP contribution is -2.52. The molecule has 160 valence electrons. The second kappa shape index (κ2) is 9.75. The molecule has 5 heteroatoms. The summed E-state index contributed by atoms with van der Waals surface area (Å²) in [6.45, 7) is 1.33. The van der Waals surface area contributed by atoms with Crippen LogP contribution < -0.4 is 10.6 Å². The summed E-state index contributed by atoms with van der Waals surface area (Å²) in [5, 5.41) is 8.53. The number of benzene rings is 3. The molecule has 2 N–H and O–H groups in total. The van der Waals surface area contributed by atoms with Gasteiger partial charge in [0, 0.05) is 20.0 Å². The molecule has 1 aliphatic heterocycles. The van der Waals surface area contributed by atoms with Crippen LogP contribution >= 0.6 is 0 Å². The summed E-state index contributed by atoms with van der Waals surface area (Å²) < 4.78 is 0. The molecule has 2 atom stereocenters. The van der Waals surface area contributed by atoms with Crippen molar-refractivity contribution in [1.82, 2.24) is 15.5 Å². The Morgan fingerprint density at radius 2 is 1.77 bits per heavy atom.